The average molecular weight is 310 g/mol. The Morgan fingerprint density at radius 3 is 2.86 bits per heavy atom. The maximum absolute atomic E-state index is 12.3. The lowest BCUT2D eigenvalue weighted by atomic mass is 10.1. The fourth-order valence-corrected chi connectivity index (χ4v) is 2.72. The van der Waals surface area contributed by atoms with E-state index in [0.717, 1.165) is 12.2 Å². The maximum Gasteiger partial charge on any atom is 0.253 e. The van der Waals surface area contributed by atoms with Gasteiger partial charge in [-0.25, -0.2) is 0 Å². The third-order valence-electron chi connectivity index (χ3n) is 3.72. The molecule has 0 bridgehead atoms. The topological polar surface area (TPSA) is 61.4 Å². The SMILES string of the molecule is CCN1CC(CNC(=O)c2cc(Cl)ccc2NC)CC1=O. The van der Waals surface area contributed by atoms with Crippen LogP contribution in [0, 0.1) is 5.92 Å². The van der Waals surface area contributed by atoms with E-state index in [0.29, 0.717) is 30.1 Å². The number of hydrogen-bond donors (Lipinski definition) is 2. The van der Waals surface area contributed by atoms with Gasteiger partial charge in [0.15, 0.2) is 0 Å². The molecule has 2 rings (SSSR count). The first-order valence-electron chi connectivity index (χ1n) is 7.08. The van der Waals surface area contributed by atoms with Crippen LogP contribution in [-0.4, -0.2) is 43.4 Å². The van der Waals surface area contributed by atoms with Gasteiger partial charge < -0.3 is 15.5 Å². The van der Waals surface area contributed by atoms with Crippen LogP contribution in [0.5, 0.6) is 0 Å². The summed E-state index contributed by atoms with van der Waals surface area (Å²) in [6.07, 6.45) is 0.503. The zero-order chi connectivity index (χ0) is 15.4. The Labute approximate surface area is 129 Å². The van der Waals surface area contributed by atoms with Gasteiger partial charge >= 0.3 is 0 Å². The van der Waals surface area contributed by atoms with Crippen LogP contribution in [0.2, 0.25) is 5.02 Å². The maximum atomic E-state index is 12.3. The second kappa shape index (κ2) is 6.80. The quantitative estimate of drug-likeness (QED) is 0.874. The second-order valence-electron chi connectivity index (χ2n) is 5.15. The molecule has 1 aliphatic heterocycles. The molecule has 1 aliphatic rings. The number of nitrogens with one attached hydrogen (secondary N) is 2. The van der Waals surface area contributed by atoms with Gasteiger partial charge in [-0.1, -0.05) is 11.6 Å². The van der Waals surface area contributed by atoms with Crippen molar-refractivity contribution in [3.8, 4) is 0 Å². The Morgan fingerprint density at radius 1 is 1.48 bits per heavy atom. The number of likely N-dealkylation sites (tertiary alicyclic amines) is 1. The molecule has 1 heterocycles. The summed E-state index contributed by atoms with van der Waals surface area (Å²) in [6.45, 7) is 3.90. The second-order valence-corrected chi connectivity index (χ2v) is 5.59. The van der Waals surface area contributed by atoms with Crippen molar-refractivity contribution >= 4 is 29.1 Å². The van der Waals surface area contributed by atoms with Crippen molar-refractivity contribution in [1.29, 1.82) is 0 Å². The minimum atomic E-state index is -0.177. The number of carbonyl (C=O) groups is 2. The molecule has 0 spiro atoms. The van der Waals surface area contributed by atoms with E-state index in [9.17, 15) is 9.59 Å². The number of nitrogens with zero attached hydrogens (tertiary/aromatic N) is 1. The molecule has 5 nitrogen and oxygen atoms in total. The Morgan fingerprint density at radius 2 is 2.24 bits per heavy atom. The van der Waals surface area contributed by atoms with E-state index < -0.39 is 0 Å². The zero-order valence-corrected chi connectivity index (χ0v) is 13.0. The van der Waals surface area contributed by atoms with Crippen molar-refractivity contribution in [2.45, 2.75) is 13.3 Å². The molecule has 0 radical (unpaired) electrons. The summed E-state index contributed by atoms with van der Waals surface area (Å²) in [5.74, 6) is 0.165. The fourth-order valence-electron chi connectivity index (χ4n) is 2.55. The smallest absolute Gasteiger partial charge is 0.253 e. The van der Waals surface area contributed by atoms with Gasteiger partial charge in [-0.05, 0) is 25.1 Å². The molecule has 0 aromatic heterocycles. The van der Waals surface area contributed by atoms with Crippen LogP contribution in [0.15, 0.2) is 18.2 Å². The van der Waals surface area contributed by atoms with E-state index in [1.54, 1.807) is 25.2 Å². The highest BCUT2D eigenvalue weighted by molar-refractivity contribution is 6.31. The molecule has 1 aromatic carbocycles. The van der Waals surface area contributed by atoms with Crippen LogP contribution >= 0.6 is 11.6 Å². The summed E-state index contributed by atoms with van der Waals surface area (Å²) in [6, 6.07) is 5.15. The Hall–Kier alpha value is -1.75. The van der Waals surface area contributed by atoms with Gasteiger partial charge in [0.1, 0.15) is 0 Å². The first-order valence-corrected chi connectivity index (χ1v) is 7.46. The van der Waals surface area contributed by atoms with Gasteiger partial charge in [-0.2, -0.15) is 0 Å². The molecule has 6 heteroatoms. The van der Waals surface area contributed by atoms with E-state index >= 15 is 0 Å². The molecule has 1 atom stereocenters. The number of anilines is 1. The molecule has 114 valence electrons. The Kier molecular flexibility index (Phi) is 5.07. The number of carbonyl (C=O) groups excluding carboxylic acids is 2. The zero-order valence-electron chi connectivity index (χ0n) is 12.3. The van der Waals surface area contributed by atoms with Gasteiger partial charge in [0.25, 0.3) is 5.91 Å². The van der Waals surface area contributed by atoms with Crippen molar-refractivity contribution in [2.75, 3.05) is 32.0 Å². The van der Waals surface area contributed by atoms with Crippen molar-refractivity contribution < 1.29 is 9.59 Å². The van der Waals surface area contributed by atoms with Crippen LogP contribution in [0.3, 0.4) is 0 Å². The van der Waals surface area contributed by atoms with Crippen LogP contribution in [0.25, 0.3) is 0 Å². The van der Waals surface area contributed by atoms with Crippen molar-refractivity contribution in [1.82, 2.24) is 10.2 Å². The van der Waals surface area contributed by atoms with Gasteiger partial charge in [-0.3, -0.25) is 9.59 Å². The molecule has 1 fully saturated rings. The van der Waals surface area contributed by atoms with E-state index in [1.807, 2.05) is 11.8 Å². The number of amides is 2. The molecule has 2 N–H and O–H groups in total. The summed E-state index contributed by atoms with van der Waals surface area (Å²) < 4.78 is 0. The summed E-state index contributed by atoms with van der Waals surface area (Å²) in [7, 11) is 1.76. The minimum absolute atomic E-state index is 0.162. The first-order chi connectivity index (χ1) is 10.0. The Balaban J connectivity index is 1.97. The van der Waals surface area contributed by atoms with Crippen LogP contribution < -0.4 is 10.6 Å². The Bertz CT molecular complexity index is 548. The number of rotatable bonds is 5. The summed E-state index contributed by atoms with van der Waals surface area (Å²) in [5.41, 5.74) is 1.25. The van der Waals surface area contributed by atoms with Crippen LogP contribution in [-0.2, 0) is 4.79 Å². The van der Waals surface area contributed by atoms with Gasteiger partial charge in [0.05, 0.1) is 5.56 Å². The molecule has 1 saturated heterocycles. The summed E-state index contributed by atoms with van der Waals surface area (Å²) >= 11 is 5.94. The van der Waals surface area contributed by atoms with E-state index in [1.165, 1.54) is 0 Å². The van der Waals surface area contributed by atoms with Crippen molar-refractivity contribution in [3.05, 3.63) is 28.8 Å². The minimum Gasteiger partial charge on any atom is -0.387 e. The monoisotopic (exact) mass is 309 g/mol. The largest absolute Gasteiger partial charge is 0.387 e. The number of benzene rings is 1. The third kappa shape index (κ3) is 3.67. The van der Waals surface area contributed by atoms with Crippen LogP contribution in [0.4, 0.5) is 5.69 Å². The molecular weight excluding hydrogens is 290 g/mol. The molecule has 0 saturated carbocycles. The molecule has 2 amide bonds. The van der Waals surface area contributed by atoms with Gasteiger partial charge in [0.2, 0.25) is 5.91 Å². The molecule has 1 unspecified atom stereocenters. The number of halogens is 1. The number of hydrogen-bond acceptors (Lipinski definition) is 3. The highest BCUT2D eigenvalue weighted by Gasteiger charge is 2.28. The predicted octanol–water partition coefficient (Wildman–Crippen LogP) is 1.98. The van der Waals surface area contributed by atoms with Gasteiger partial charge in [0, 0.05) is 49.7 Å². The lowest BCUT2D eigenvalue weighted by Crippen LogP contribution is -2.31. The van der Waals surface area contributed by atoms with E-state index in [4.69, 9.17) is 11.6 Å². The molecule has 1 aromatic rings. The highest BCUT2D eigenvalue weighted by Crippen LogP contribution is 2.21. The van der Waals surface area contributed by atoms with E-state index in [2.05, 4.69) is 10.6 Å². The van der Waals surface area contributed by atoms with Gasteiger partial charge in [-0.15, -0.1) is 0 Å². The lowest BCUT2D eigenvalue weighted by molar-refractivity contribution is -0.127. The molecule has 21 heavy (non-hydrogen) atoms. The molecule has 0 aliphatic carbocycles. The lowest BCUT2D eigenvalue weighted by Gasteiger charge is -2.15. The first kappa shape index (κ1) is 15.6. The van der Waals surface area contributed by atoms with Crippen molar-refractivity contribution in [3.63, 3.8) is 0 Å². The van der Waals surface area contributed by atoms with Crippen molar-refractivity contribution in [2.24, 2.45) is 5.92 Å². The standard InChI is InChI=1S/C15H20ClN3O2/c1-3-19-9-10(6-14(19)20)8-18-15(21)12-7-11(16)4-5-13(12)17-2/h4-5,7,10,17H,3,6,8-9H2,1-2H3,(H,18,21). The molecular formula is C15H20ClN3O2. The van der Waals surface area contributed by atoms with Crippen LogP contribution in [0.1, 0.15) is 23.7 Å². The summed E-state index contributed by atoms with van der Waals surface area (Å²) in [5, 5.41) is 6.39. The average Bonchev–Trinajstić information content (AvgIpc) is 2.85. The normalized spacial score (nSPS) is 18.0. The highest BCUT2D eigenvalue weighted by atomic mass is 35.5. The fraction of sp³-hybridized carbons (Fsp3) is 0.467. The van der Waals surface area contributed by atoms with E-state index in [-0.39, 0.29) is 17.7 Å². The summed E-state index contributed by atoms with van der Waals surface area (Å²) in [4.78, 5) is 25.7. The predicted molar refractivity (Wildman–Crippen MR) is 83.7 cm³/mol. The third-order valence-corrected chi connectivity index (χ3v) is 3.96.